The predicted octanol–water partition coefficient (Wildman–Crippen LogP) is 4.97. The molecule has 0 unspecified atom stereocenters. The van der Waals surface area contributed by atoms with E-state index in [1.54, 1.807) is 6.20 Å². The second-order valence-electron chi connectivity index (χ2n) is 7.58. The van der Waals surface area contributed by atoms with Gasteiger partial charge in [-0.15, -0.1) is 24.0 Å². The van der Waals surface area contributed by atoms with Crippen molar-refractivity contribution in [2.24, 2.45) is 4.99 Å². The molecule has 29 heavy (non-hydrogen) atoms. The van der Waals surface area contributed by atoms with Crippen LogP contribution in [-0.2, 0) is 24.3 Å². The molecule has 2 N–H and O–H groups in total. The van der Waals surface area contributed by atoms with Crippen molar-refractivity contribution in [3.8, 4) is 0 Å². The Morgan fingerprint density at radius 1 is 1.10 bits per heavy atom. The van der Waals surface area contributed by atoms with E-state index in [2.05, 4.69) is 67.6 Å². The maximum Gasteiger partial charge on any atom is 0.191 e. The first kappa shape index (κ1) is 25.7. The number of guanidine groups is 1. The summed E-state index contributed by atoms with van der Waals surface area (Å²) in [6, 6.07) is 12.2. The molecule has 1 aromatic heterocycles. The van der Waals surface area contributed by atoms with Crippen molar-refractivity contribution < 1.29 is 4.74 Å². The number of halogens is 2. The molecule has 7 heteroatoms. The molecule has 0 fully saturated rings. The summed E-state index contributed by atoms with van der Waals surface area (Å²) in [4.78, 5) is 8.81. The average Bonchev–Trinajstić information content (AvgIpc) is 2.66. The lowest BCUT2D eigenvalue weighted by Gasteiger charge is -2.19. The van der Waals surface area contributed by atoms with Crippen LogP contribution >= 0.6 is 35.6 Å². The van der Waals surface area contributed by atoms with Crippen LogP contribution in [0.15, 0.2) is 47.6 Å². The van der Waals surface area contributed by atoms with Crippen LogP contribution in [-0.4, -0.2) is 29.6 Å². The van der Waals surface area contributed by atoms with Crippen LogP contribution in [0, 0.1) is 0 Å². The summed E-state index contributed by atoms with van der Waals surface area (Å²) < 4.78 is 5.86. The van der Waals surface area contributed by atoms with Gasteiger partial charge in [-0.05, 0) is 56.9 Å². The Morgan fingerprint density at radius 2 is 1.86 bits per heavy atom. The maximum absolute atomic E-state index is 5.86. The van der Waals surface area contributed by atoms with Crippen molar-refractivity contribution >= 4 is 41.5 Å². The highest BCUT2D eigenvalue weighted by atomic mass is 127. The van der Waals surface area contributed by atoms with Crippen LogP contribution in [0.4, 0.5) is 0 Å². The van der Waals surface area contributed by atoms with Gasteiger partial charge in [-0.1, -0.05) is 41.9 Å². The van der Waals surface area contributed by atoms with Crippen LogP contribution in [0.1, 0.15) is 44.4 Å². The van der Waals surface area contributed by atoms with Gasteiger partial charge in [0.05, 0.1) is 18.8 Å². The number of hydrogen-bond acceptors (Lipinski definition) is 3. The van der Waals surface area contributed by atoms with Crippen LogP contribution in [0.3, 0.4) is 0 Å². The fourth-order valence-corrected chi connectivity index (χ4v) is 2.62. The van der Waals surface area contributed by atoms with Gasteiger partial charge in [-0.25, -0.2) is 9.98 Å². The van der Waals surface area contributed by atoms with E-state index < -0.39 is 0 Å². The normalized spacial score (nSPS) is 11.7. The number of aliphatic imine (C=N–C) groups is 1. The molecule has 2 aromatic rings. The zero-order chi connectivity index (χ0) is 20.4. The third-order valence-electron chi connectivity index (χ3n) is 3.92. The summed E-state index contributed by atoms with van der Waals surface area (Å²) in [6.07, 6.45) is 2.66. The monoisotopic (exact) mass is 530 g/mol. The highest BCUT2D eigenvalue weighted by Crippen LogP contribution is 2.13. The number of pyridine rings is 1. The Labute approximate surface area is 196 Å². The van der Waals surface area contributed by atoms with Gasteiger partial charge in [0, 0.05) is 19.3 Å². The van der Waals surface area contributed by atoms with E-state index in [1.807, 2.05) is 12.1 Å². The van der Waals surface area contributed by atoms with Gasteiger partial charge in [-0.3, -0.25) is 0 Å². The second kappa shape index (κ2) is 13.0. The fourth-order valence-electron chi connectivity index (χ4n) is 2.51. The van der Waals surface area contributed by atoms with Crippen LogP contribution in [0.25, 0.3) is 0 Å². The molecule has 0 amide bonds. The van der Waals surface area contributed by atoms with Crippen molar-refractivity contribution in [2.45, 2.75) is 52.9 Å². The highest BCUT2D eigenvalue weighted by molar-refractivity contribution is 14.0. The lowest BCUT2D eigenvalue weighted by atomic mass is 10.1. The van der Waals surface area contributed by atoms with Gasteiger partial charge >= 0.3 is 0 Å². The summed E-state index contributed by atoms with van der Waals surface area (Å²) >= 11 is 5.83. The van der Waals surface area contributed by atoms with Crippen molar-refractivity contribution in [1.29, 1.82) is 0 Å². The SMILES string of the molecule is CCNC(=NCc1cccc(COC(C)(C)C)c1)NCCc1ccc(Cl)nc1.I. The molecule has 160 valence electrons. The van der Waals surface area contributed by atoms with Crippen LogP contribution in [0.2, 0.25) is 5.15 Å². The molecule has 0 aliphatic heterocycles. The fraction of sp³-hybridized carbons (Fsp3) is 0.455. The van der Waals surface area contributed by atoms with Gasteiger partial charge in [0.15, 0.2) is 5.96 Å². The van der Waals surface area contributed by atoms with Crippen molar-refractivity contribution in [2.75, 3.05) is 13.1 Å². The molecule has 0 atom stereocenters. The minimum Gasteiger partial charge on any atom is -0.371 e. The standard InChI is InChI=1S/C22H31ClN4O.HI/c1-5-24-21(25-12-11-17-9-10-20(23)26-14-17)27-15-18-7-6-8-19(13-18)16-28-22(2,3)4;/h6-10,13-14H,5,11-12,15-16H2,1-4H3,(H2,24,25,27);1H. The van der Waals surface area contributed by atoms with Crippen molar-refractivity contribution in [1.82, 2.24) is 15.6 Å². The average molecular weight is 531 g/mol. The molecule has 1 heterocycles. The lowest BCUT2D eigenvalue weighted by molar-refractivity contribution is -0.0149. The van der Waals surface area contributed by atoms with Gasteiger partial charge in [0.25, 0.3) is 0 Å². The minimum absolute atomic E-state index is 0. The second-order valence-corrected chi connectivity index (χ2v) is 7.97. The first-order valence-electron chi connectivity index (χ1n) is 9.70. The third kappa shape index (κ3) is 10.8. The van der Waals surface area contributed by atoms with Gasteiger partial charge in [0.1, 0.15) is 5.15 Å². The van der Waals surface area contributed by atoms with E-state index >= 15 is 0 Å². The molecule has 0 aliphatic carbocycles. The van der Waals surface area contributed by atoms with Gasteiger partial charge in [-0.2, -0.15) is 0 Å². The zero-order valence-corrected chi connectivity index (χ0v) is 20.8. The summed E-state index contributed by atoms with van der Waals surface area (Å²) in [5.74, 6) is 0.806. The number of benzene rings is 1. The van der Waals surface area contributed by atoms with Gasteiger partial charge < -0.3 is 15.4 Å². The molecule has 0 aliphatic rings. The predicted molar refractivity (Wildman–Crippen MR) is 132 cm³/mol. The molecule has 0 bridgehead atoms. The van der Waals surface area contributed by atoms with E-state index in [0.717, 1.165) is 42.2 Å². The molecule has 0 saturated heterocycles. The lowest BCUT2D eigenvalue weighted by Crippen LogP contribution is -2.38. The quantitative estimate of drug-likeness (QED) is 0.219. The third-order valence-corrected chi connectivity index (χ3v) is 4.15. The molecule has 5 nitrogen and oxygen atoms in total. The Morgan fingerprint density at radius 3 is 2.52 bits per heavy atom. The van der Waals surface area contributed by atoms with E-state index in [9.17, 15) is 0 Å². The molecule has 1 aromatic carbocycles. The minimum atomic E-state index is -0.143. The summed E-state index contributed by atoms with van der Waals surface area (Å²) in [5.41, 5.74) is 3.32. The number of nitrogens with zero attached hydrogens (tertiary/aromatic N) is 2. The molecule has 0 spiro atoms. The smallest absolute Gasteiger partial charge is 0.191 e. The highest BCUT2D eigenvalue weighted by Gasteiger charge is 2.10. The topological polar surface area (TPSA) is 58.5 Å². The number of aromatic nitrogens is 1. The first-order chi connectivity index (χ1) is 13.4. The Hall–Kier alpha value is -1.38. The Bertz CT molecular complexity index is 760. The van der Waals surface area contributed by atoms with E-state index in [1.165, 1.54) is 0 Å². The zero-order valence-electron chi connectivity index (χ0n) is 17.7. The molecular formula is C22H32ClIN4O. The van der Waals surface area contributed by atoms with E-state index in [4.69, 9.17) is 21.3 Å². The molecule has 2 rings (SSSR count). The largest absolute Gasteiger partial charge is 0.371 e. The van der Waals surface area contributed by atoms with E-state index in [0.29, 0.717) is 18.3 Å². The van der Waals surface area contributed by atoms with Crippen molar-refractivity contribution in [3.05, 3.63) is 64.4 Å². The van der Waals surface area contributed by atoms with Crippen molar-refractivity contribution in [3.63, 3.8) is 0 Å². The Kier molecular flexibility index (Phi) is 11.5. The molecular weight excluding hydrogens is 499 g/mol. The first-order valence-corrected chi connectivity index (χ1v) is 10.1. The molecule has 0 saturated carbocycles. The Balaban J connectivity index is 0.00000420. The summed E-state index contributed by atoms with van der Waals surface area (Å²) in [6.45, 7) is 11.1. The van der Waals surface area contributed by atoms with Gasteiger partial charge in [0.2, 0.25) is 0 Å². The van der Waals surface area contributed by atoms with Crippen LogP contribution in [0.5, 0.6) is 0 Å². The number of rotatable bonds is 8. The number of ether oxygens (including phenoxy) is 1. The number of hydrogen-bond donors (Lipinski definition) is 2. The molecule has 0 radical (unpaired) electrons. The maximum atomic E-state index is 5.86. The number of nitrogens with one attached hydrogen (secondary N) is 2. The summed E-state index contributed by atoms with van der Waals surface area (Å²) in [5, 5.41) is 7.17. The van der Waals surface area contributed by atoms with Crippen LogP contribution < -0.4 is 10.6 Å². The summed E-state index contributed by atoms with van der Waals surface area (Å²) in [7, 11) is 0. The van der Waals surface area contributed by atoms with E-state index in [-0.39, 0.29) is 29.6 Å².